The lowest BCUT2D eigenvalue weighted by Crippen LogP contribution is -2.20. The number of H-pyrrole nitrogens is 1. The van der Waals surface area contributed by atoms with Gasteiger partial charge in [0.1, 0.15) is 18.1 Å². The maximum absolute atomic E-state index is 14.3. The highest BCUT2D eigenvalue weighted by Crippen LogP contribution is 2.35. The maximum Gasteiger partial charge on any atom is 0.439 e. The van der Waals surface area contributed by atoms with Gasteiger partial charge in [0, 0.05) is 24.5 Å². The molecule has 1 aliphatic rings. The summed E-state index contributed by atoms with van der Waals surface area (Å²) in [6.07, 6.45) is 7.78. The number of aromatic nitrogens is 6. The molecule has 0 bridgehead atoms. The Morgan fingerprint density at radius 1 is 1.15 bits per heavy atom. The van der Waals surface area contributed by atoms with Crippen molar-refractivity contribution in [1.82, 2.24) is 29.7 Å². The van der Waals surface area contributed by atoms with Gasteiger partial charge in [-0.25, -0.2) is 19.2 Å². The molecule has 0 amide bonds. The number of aromatic amines is 1. The van der Waals surface area contributed by atoms with Crippen LogP contribution in [0.3, 0.4) is 0 Å². The van der Waals surface area contributed by atoms with Gasteiger partial charge in [0.2, 0.25) is 5.82 Å². The Hall–Kier alpha value is -4.05. The fourth-order valence-electron chi connectivity index (χ4n) is 5.19. The topological polar surface area (TPSA) is 112 Å². The summed E-state index contributed by atoms with van der Waals surface area (Å²) in [5.74, 6) is 1.00. The van der Waals surface area contributed by atoms with Crippen molar-refractivity contribution in [2.75, 3.05) is 0 Å². The summed E-state index contributed by atoms with van der Waals surface area (Å²) in [5, 5.41) is 4.27. The zero-order valence-corrected chi connectivity index (χ0v) is 22.0. The van der Waals surface area contributed by atoms with Crippen LogP contribution in [0.4, 0.5) is 4.39 Å². The van der Waals surface area contributed by atoms with Crippen molar-refractivity contribution in [1.29, 1.82) is 0 Å². The molecule has 9 nitrogen and oxygen atoms in total. The quantitative estimate of drug-likeness (QED) is 0.264. The van der Waals surface area contributed by atoms with E-state index >= 15 is 0 Å². The van der Waals surface area contributed by atoms with Crippen LogP contribution in [-0.2, 0) is 13.2 Å². The van der Waals surface area contributed by atoms with Gasteiger partial charge in [0.15, 0.2) is 11.6 Å². The number of hydrogen-bond donors (Lipinski definition) is 1. The Bertz CT molecular complexity index is 1690. The summed E-state index contributed by atoms with van der Waals surface area (Å²) in [6, 6.07) is 9.82. The molecule has 39 heavy (non-hydrogen) atoms. The van der Waals surface area contributed by atoms with Crippen LogP contribution in [0.25, 0.3) is 33.8 Å². The van der Waals surface area contributed by atoms with Gasteiger partial charge in [-0.05, 0) is 48.9 Å². The molecule has 1 saturated carbocycles. The maximum atomic E-state index is 14.3. The lowest BCUT2D eigenvalue weighted by molar-refractivity contribution is 0.248. The highest BCUT2D eigenvalue weighted by atomic mass is 35.5. The average Bonchev–Trinajstić information content (AvgIpc) is 3.52. The number of benzene rings is 1. The summed E-state index contributed by atoms with van der Waals surface area (Å²) in [6.45, 7) is 3.06. The van der Waals surface area contributed by atoms with Crippen LogP contribution in [0.15, 0.2) is 58.1 Å². The van der Waals surface area contributed by atoms with E-state index in [4.69, 9.17) is 30.8 Å². The van der Waals surface area contributed by atoms with Crippen molar-refractivity contribution in [2.24, 2.45) is 11.8 Å². The fraction of sp³-hybridized carbons (Fsp3) is 0.321. The summed E-state index contributed by atoms with van der Waals surface area (Å²) in [5.41, 5.74) is 3.03. The highest BCUT2D eigenvalue weighted by molar-refractivity contribution is 6.30. The number of fused-ring (bicyclic) bond motifs is 1. The van der Waals surface area contributed by atoms with E-state index in [-0.39, 0.29) is 18.2 Å². The molecule has 11 heteroatoms. The van der Waals surface area contributed by atoms with Crippen LogP contribution in [0, 0.1) is 17.7 Å². The van der Waals surface area contributed by atoms with Gasteiger partial charge >= 0.3 is 5.76 Å². The molecular weight excluding hydrogens is 523 g/mol. The van der Waals surface area contributed by atoms with E-state index in [0.29, 0.717) is 51.7 Å². The number of halogens is 2. The summed E-state index contributed by atoms with van der Waals surface area (Å²) in [4.78, 5) is 28.2. The first-order chi connectivity index (χ1) is 18.9. The van der Waals surface area contributed by atoms with Gasteiger partial charge in [-0.2, -0.15) is 0 Å². The minimum atomic E-state index is -0.686. The molecule has 0 aliphatic heterocycles. The largest absolute Gasteiger partial charge is 0.483 e. The van der Waals surface area contributed by atoms with E-state index in [1.54, 1.807) is 42.7 Å². The first-order valence-electron chi connectivity index (χ1n) is 12.9. The van der Waals surface area contributed by atoms with Gasteiger partial charge in [-0.15, -0.1) is 0 Å². The van der Waals surface area contributed by atoms with E-state index in [1.165, 1.54) is 18.9 Å². The molecule has 1 aromatic carbocycles. The molecule has 0 unspecified atom stereocenters. The Balaban J connectivity index is 1.51. The molecule has 5 aromatic rings. The first kappa shape index (κ1) is 25.2. The molecule has 1 N–H and O–H groups in total. The third kappa shape index (κ3) is 5.29. The van der Waals surface area contributed by atoms with Gasteiger partial charge in [-0.3, -0.25) is 14.5 Å². The van der Waals surface area contributed by atoms with Gasteiger partial charge in [0.25, 0.3) is 0 Å². The predicted octanol–water partition coefficient (Wildman–Crippen LogP) is 6.03. The molecule has 4 aromatic heterocycles. The van der Waals surface area contributed by atoms with Crippen molar-refractivity contribution in [2.45, 2.75) is 45.8 Å². The van der Waals surface area contributed by atoms with E-state index in [9.17, 15) is 9.18 Å². The molecule has 0 radical (unpaired) electrons. The lowest BCUT2D eigenvalue weighted by Gasteiger charge is -2.27. The number of pyridine rings is 2. The number of para-hydroxylation sites is 1. The predicted molar refractivity (Wildman–Crippen MR) is 144 cm³/mol. The smallest absolute Gasteiger partial charge is 0.439 e. The SMILES string of the molecule is CC1CCC(Cn2c(COc3ccccc3F)nc3cc(-c4noc(=O)[nH]4)nc(-c4cncc(Cl)c4)c32)CC1. The molecule has 1 fully saturated rings. The monoisotopic (exact) mass is 548 g/mol. The van der Waals surface area contributed by atoms with E-state index in [2.05, 4.69) is 26.6 Å². The molecule has 6 rings (SSSR count). The highest BCUT2D eigenvalue weighted by Gasteiger charge is 2.25. The van der Waals surface area contributed by atoms with E-state index in [1.807, 2.05) is 0 Å². The second kappa shape index (κ2) is 10.6. The van der Waals surface area contributed by atoms with E-state index < -0.39 is 11.6 Å². The number of nitrogens with zero attached hydrogens (tertiary/aromatic N) is 5. The number of ether oxygens (including phenoxy) is 1. The van der Waals surface area contributed by atoms with Crippen LogP contribution < -0.4 is 10.5 Å². The van der Waals surface area contributed by atoms with E-state index in [0.717, 1.165) is 18.4 Å². The zero-order chi connectivity index (χ0) is 26.9. The van der Waals surface area contributed by atoms with Crippen molar-refractivity contribution < 1.29 is 13.7 Å². The molecule has 200 valence electrons. The van der Waals surface area contributed by atoms with Crippen molar-refractivity contribution in [3.63, 3.8) is 0 Å². The van der Waals surface area contributed by atoms with Crippen LogP contribution in [-0.4, -0.2) is 29.7 Å². The normalized spacial score (nSPS) is 17.5. The Kier molecular flexibility index (Phi) is 6.86. The summed E-state index contributed by atoms with van der Waals surface area (Å²) >= 11 is 6.31. The Morgan fingerprint density at radius 2 is 1.97 bits per heavy atom. The fourth-order valence-corrected chi connectivity index (χ4v) is 5.36. The second-order valence-corrected chi connectivity index (χ2v) is 10.5. The van der Waals surface area contributed by atoms with Gasteiger partial charge in [-0.1, -0.05) is 48.7 Å². The second-order valence-electron chi connectivity index (χ2n) is 10.0. The molecule has 4 heterocycles. The summed E-state index contributed by atoms with van der Waals surface area (Å²) in [7, 11) is 0. The van der Waals surface area contributed by atoms with Gasteiger partial charge in [0.05, 0.1) is 21.7 Å². The number of nitrogens with one attached hydrogen (secondary N) is 1. The number of hydrogen-bond acceptors (Lipinski definition) is 7. The van der Waals surface area contributed by atoms with Crippen LogP contribution >= 0.6 is 11.6 Å². The summed E-state index contributed by atoms with van der Waals surface area (Å²) < 4.78 is 27.1. The first-order valence-corrected chi connectivity index (χ1v) is 13.3. The minimum absolute atomic E-state index is 0.0576. The lowest BCUT2D eigenvalue weighted by atomic mass is 9.83. The van der Waals surface area contributed by atoms with Crippen molar-refractivity contribution in [3.8, 4) is 28.5 Å². The minimum Gasteiger partial charge on any atom is -0.483 e. The van der Waals surface area contributed by atoms with Crippen molar-refractivity contribution >= 4 is 22.6 Å². The molecular formula is C28H26ClFN6O3. The van der Waals surface area contributed by atoms with Crippen molar-refractivity contribution in [3.05, 3.63) is 76.0 Å². The standard InChI is InChI=1S/C28H26ClFN6O3/c1-16-6-8-17(9-7-16)14-36-24(15-38-23-5-3-2-4-20(23)30)32-21-11-22(27-34-28(37)39-35-27)33-25(26(21)36)18-10-19(29)13-31-12-18/h2-5,10-13,16-17H,6-9,14-15H2,1H3,(H,34,35,37). The van der Waals surface area contributed by atoms with Crippen LogP contribution in [0.2, 0.25) is 5.02 Å². The third-order valence-corrected chi connectivity index (χ3v) is 7.44. The number of imidazole rings is 1. The molecule has 0 saturated heterocycles. The molecule has 0 spiro atoms. The van der Waals surface area contributed by atoms with Crippen LogP contribution in [0.5, 0.6) is 5.75 Å². The molecule has 1 aliphatic carbocycles. The van der Waals surface area contributed by atoms with Gasteiger partial charge < -0.3 is 9.30 Å². The Labute approximate surface area is 228 Å². The Morgan fingerprint density at radius 3 is 2.72 bits per heavy atom. The third-order valence-electron chi connectivity index (χ3n) is 7.23. The average molecular weight is 549 g/mol. The molecule has 0 atom stereocenters. The number of rotatable bonds is 7. The zero-order valence-electron chi connectivity index (χ0n) is 21.2. The van der Waals surface area contributed by atoms with Crippen LogP contribution in [0.1, 0.15) is 38.4 Å².